The Morgan fingerprint density at radius 3 is 2.71 bits per heavy atom. The van der Waals surface area contributed by atoms with Crippen LogP contribution in [0.2, 0.25) is 0 Å². The highest BCUT2D eigenvalue weighted by Crippen LogP contribution is 2.40. The third-order valence-electron chi connectivity index (χ3n) is 7.73. The minimum Gasteiger partial charge on any atom is -0.481 e. The molecule has 1 fully saturated rings. The first-order chi connectivity index (χ1) is 17.0. The highest BCUT2D eigenvalue weighted by Gasteiger charge is 2.33. The zero-order valence-corrected chi connectivity index (χ0v) is 20.4. The molecule has 7 nitrogen and oxygen atoms in total. The maximum atomic E-state index is 12.3. The molecule has 184 valence electrons. The molecule has 3 aromatic rings. The fraction of sp³-hybridized carbons (Fsp3) is 0.464. The summed E-state index contributed by atoms with van der Waals surface area (Å²) in [5, 5.41) is 9.70. The molecular weight excluding hydrogens is 442 g/mol. The average molecular weight is 476 g/mol. The van der Waals surface area contributed by atoms with Gasteiger partial charge >= 0.3 is 12.1 Å². The Kier molecular flexibility index (Phi) is 6.50. The normalized spacial score (nSPS) is 20.9. The number of hydrogen-bond donors (Lipinski definition) is 1. The number of nitrogens with zero attached hydrogens (tertiary/aromatic N) is 3. The molecule has 2 heterocycles. The Morgan fingerprint density at radius 1 is 1.17 bits per heavy atom. The highest BCUT2D eigenvalue weighted by atomic mass is 16.5. The molecule has 1 N–H and O–H groups in total. The van der Waals surface area contributed by atoms with Crippen LogP contribution in [0, 0.1) is 5.92 Å². The molecule has 1 saturated carbocycles. The van der Waals surface area contributed by atoms with Gasteiger partial charge in [-0.1, -0.05) is 42.8 Å². The maximum Gasteiger partial charge on any atom is 0.409 e. The summed E-state index contributed by atoms with van der Waals surface area (Å²) in [6.45, 7) is 3.33. The quantitative estimate of drug-likeness (QED) is 0.540. The lowest BCUT2D eigenvalue weighted by atomic mass is 9.81. The second-order valence-corrected chi connectivity index (χ2v) is 9.99. The first kappa shape index (κ1) is 23.4. The minimum atomic E-state index is -0.708. The lowest BCUT2D eigenvalue weighted by Crippen LogP contribution is -2.35. The number of ether oxygens (including phenoxy) is 1. The largest absolute Gasteiger partial charge is 0.481 e. The molecular formula is C28H33N3O4. The van der Waals surface area contributed by atoms with E-state index in [4.69, 9.17) is 9.72 Å². The Balaban J connectivity index is 1.60. The van der Waals surface area contributed by atoms with Crippen LogP contribution >= 0.6 is 0 Å². The van der Waals surface area contributed by atoms with Gasteiger partial charge in [-0.2, -0.15) is 0 Å². The van der Waals surface area contributed by atoms with Crippen molar-refractivity contribution in [2.45, 2.75) is 64.0 Å². The van der Waals surface area contributed by atoms with Crippen molar-refractivity contribution in [3.63, 3.8) is 0 Å². The number of rotatable bonds is 5. The van der Waals surface area contributed by atoms with Crippen LogP contribution in [0.5, 0.6) is 0 Å². The van der Waals surface area contributed by atoms with Crippen molar-refractivity contribution >= 4 is 23.1 Å². The zero-order chi connectivity index (χ0) is 24.5. The van der Waals surface area contributed by atoms with Gasteiger partial charge in [0, 0.05) is 24.1 Å². The van der Waals surface area contributed by atoms with Gasteiger partial charge < -0.3 is 19.3 Å². The van der Waals surface area contributed by atoms with Gasteiger partial charge in [0.25, 0.3) is 0 Å². The molecule has 0 bridgehead atoms. The lowest BCUT2D eigenvalue weighted by molar-refractivity contribution is -0.143. The van der Waals surface area contributed by atoms with Crippen LogP contribution in [-0.2, 0) is 28.9 Å². The van der Waals surface area contributed by atoms with Gasteiger partial charge in [-0.25, -0.2) is 9.78 Å². The van der Waals surface area contributed by atoms with Crippen molar-refractivity contribution in [3.8, 4) is 0 Å². The van der Waals surface area contributed by atoms with Crippen LogP contribution in [-0.4, -0.2) is 45.3 Å². The number of aromatic nitrogens is 2. The molecule has 1 unspecified atom stereocenters. The summed E-state index contributed by atoms with van der Waals surface area (Å²) < 4.78 is 7.33. The number of carboxylic acid groups (broad SMARTS) is 1. The van der Waals surface area contributed by atoms with E-state index >= 15 is 0 Å². The molecule has 1 aromatic heterocycles. The summed E-state index contributed by atoms with van der Waals surface area (Å²) in [5.74, 6) is 0.0559. The lowest BCUT2D eigenvalue weighted by Gasteiger charge is -2.28. The molecule has 1 amide bonds. The number of methoxy groups -OCH3 is 1. The van der Waals surface area contributed by atoms with Crippen molar-refractivity contribution in [1.29, 1.82) is 0 Å². The van der Waals surface area contributed by atoms with Crippen molar-refractivity contribution in [2.24, 2.45) is 5.92 Å². The average Bonchev–Trinajstić information content (AvgIpc) is 3.29. The van der Waals surface area contributed by atoms with Crippen LogP contribution in [0.1, 0.15) is 67.1 Å². The number of fused-ring (bicyclic) bond motifs is 3. The smallest absolute Gasteiger partial charge is 0.409 e. The van der Waals surface area contributed by atoms with E-state index in [0.29, 0.717) is 19.5 Å². The maximum absolute atomic E-state index is 12.3. The standard InChI is InChI=1S/C28H33N3O4/c1-18(15-19-7-4-3-5-8-19)31-24-12-11-20-13-14-30(28(34)35-2)17-23(20)25(24)29-26(31)21-9-6-10-22(16-21)27(32)33/h3-5,7-8,11-12,18,21-22H,6,9-10,13-17H2,1-2H3,(H,32,33)/t18-,21+,22?/m0/s1. The Labute approximate surface area is 205 Å². The SMILES string of the molecule is COC(=O)N1CCc2ccc3c(nc([C@@H]4CCCC(C(=O)O)C4)n3[C@@H](C)Cc3ccccc3)c2C1. The number of imidazole rings is 1. The summed E-state index contributed by atoms with van der Waals surface area (Å²) in [6, 6.07) is 14.9. The summed E-state index contributed by atoms with van der Waals surface area (Å²) in [4.78, 5) is 31.0. The fourth-order valence-electron chi connectivity index (χ4n) is 5.94. The van der Waals surface area contributed by atoms with Crippen LogP contribution < -0.4 is 0 Å². The van der Waals surface area contributed by atoms with Crippen molar-refractivity contribution in [2.75, 3.05) is 13.7 Å². The predicted octanol–water partition coefficient (Wildman–Crippen LogP) is 5.32. The molecule has 0 radical (unpaired) electrons. The third-order valence-corrected chi connectivity index (χ3v) is 7.73. The number of carbonyl (C=O) groups is 2. The highest BCUT2D eigenvalue weighted by molar-refractivity contribution is 5.82. The van der Waals surface area contributed by atoms with E-state index in [2.05, 4.69) is 47.9 Å². The molecule has 5 rings (SSSR count). The predicted molar refractivity (Wildman–Crippen MR) is 133 cm³/mol. The van der Waals surface area contributed by atoms with E-state index < -0.39 is 5.97 Å². The van der Waals surface area contributed by atoms with E-state index in [0.717, 1.165) is 54.5 Å². The summed E-state index contributed by atoms with van der Waals surface area (Å²) >= 11 is 0. The molecule has 3 atom stereocenters. The summed E-state index contributed by atoms with van der Waals surface area (Å²) in [6.07, 6.45) is 4.50. The van der Waals surface area contributed by atoms with Crippen LogP contribution in [0.15, 0.2) is 42.5 Å². The monoisotopic (exact) mass is 475 g/mol. The van der Waals surface area contributed by atoms with E-state index in [1.54, 1.807) is 4.90 Å². The van der Waals surface area contributed by atoms with Crippen LogP contribution in [0.25, 0.3) is 11.0 Å². The molecule has 2 aliphatic rings. The van der Waals surface area contributed by atoms with Gasteiger partial charge in [0.05, 0.1) is 30.6 Å². The first-order valence-corrected chi connectivity index (χ1v) is 12.6. The van der Waals surface area contributed by atoms with Gasteiger partial charge in [-0.15, -0.1) is 0 Å². The van der Waals surface area contributed by atoms with Gasteiger partial charge in [0.15, 0.2) is 0 Å². The Hall–Kier alpha value is -3.35. The molecule has 0 spiro atoms. The Morgan fingerprint density at radius 2 is 1.97 bits per heavy atom. The second-order valence-electron chi connectivity index (χ2n) is 9.99. The molecule has 1 aliphatic carbocycles. The molecule has 2 aromatic carbocycles. The van der Waals surface area contributed by atoms with Crippen LogP contribution in [0.4, 0.5) is 4.79 Å². The summed E-state index contributed by atoms with van der Waals surface area (Å²) in [7, 11) is 1.42. The summed E-state index contributed by atoms with van der Waals surface area (Å²) in [5.41, 5.74) is 5.55. The molecule has 35 heavy (non-hydrogen) atoms. The number of aliphatic carboxylic acids is 1. The third kappa shape index (κ3) is 4.51. The van der Waals surface area contributed by atoms with Crippen molar-refractivity contribution in [3.05, 3.63) is 65.0 Å². The number of carboxylic acids is 1. The number of amides is 1. The minimum absolute atomic E-state index is 0.103. The van der Waals surface area contributed by atoms with E-state index in [-0.39, 0.29) is 24.0 Å². The number of hydrogen-bond acceptors (Lipinski definition) is 4. The van der Waals surface area contributed by atoms with Crippen molar-refractivity contribution < 1.29 is 19.4 Å². The fourth-order valence-corrected chi connectivity index (χ4v) is 5.94. The van der Waals surface area contributed by atoms with Crippen LogP contribution in [0.3, 0.4) is 0 Å². The molecule has 1 aliphatic heterocycles. The number of benzene rings is 2. The number of carbonyl (C=O) groups excluding carboxylic acids is 1. The van der Waals surface area contributed by atoms with Gasteiger partial charge in [-0.05, 0) is 56.2 Å². The molecule has 7 heteroatoms. The van der Waals surface area contributed by atoms with Crippen molar-refractivity contribution in [1.82, 2.24) is 14.5 Å². The first-order valence-electron chi connectivity index (χ1n) is 12.6. The Bertz CT molecular complexity index is 1240. The second kappa shape index (κ2) is 9.72. The zero-order valence-electron chi connectivity index (χ0n) is 20.4. The topological polar surface area (TPSA) is 84.7 Å². The van der Waals surface area contributed by atoms with Gasteiger partial charge in [0.1, 0.15) is 5.82 Å². The van der Waals surface area contributed by atoms with E-state index in [1.165, 1.54) is 18.2 Å². The van der Waals surface area contributed by atoms with E-state index in [1.807, 2.05) is 6.07 Å². The molecule has 0 saturated heterocycles. The van der Waals surface area contributed by atoms with Gasteiger partial charge in [-0.3, -0.25) is 4.79 Å². The van der Waals surface area contributed by atoms with E-state index in [9.17, 15) is 14.7 Å². The van der Waals surface area contributed by atoms with Gasteiger partial charge in [0.2, 0.25) is 0 Å².